The van der Waals surface area contributed by atoms with Crippen LogP contribution in [0.2, 0.25) is 0 Å². The van der Waals surface area contributed by atoms with E-state index in [-0.39, 0.29) is 23.5 Å². The number of carbonyl (C=O) groups is 2. The fourth-order valence-corrected chi connectivity index (χ4v) is 4.54. The van der Waals surface area contributed by atoms with Crippen molar-refractivity contribution in [2.45, 2.75) is 52.6 Å². The summed E-state index contributed by atoms with van der Waals surface area (Å²) < 4.78 is 1.68. The number of rotatable bonds is 7. The molecule has 1 aliphatic rings. The largest absolute Gasteiger partial charge is 0.348 e. The summed E-state index contributed by atoms with van der Waals surface area (Å²) >= 11 is 0. The van der Waals surface area contributed by atoms with Gasteiger partial charge in [-0.3, -0.25) is 19.1 Å². The van der Waals surface area contributed by atoms with E-state index in [2.05, 4.69) is 27.3 Å². The van der Waals surface area contributed by atoms with Crippen molar-refractivity contribution < 1.29 is 9.59 Å². The zero-order chi connectivity index (χ0) is 24.2. The zero-order valence-electron chi connectivity index (χ0n) is 19.5. The van der Waals surface area contributed by atoms with Crippen molar-refractivity contribution >= 4 is 17.6 Å². The molecule has 1 aliphatic carbocycles. The highest BCUT2D eigenvalue weighted by molar-refractivity contribution is 6.06. The van der Waals surface area contributed by atoms with Crippen LogP contribution in [0.15, 0.2) is 47.8 Å². The van der Waals surface area contributed by atoms with Gasteiger partial charge in [-0.1, -0.05) is 36.9 Å². The van der Waals surface area contributed by atoms with Gasteiger partial charge in [-0.2, -0.15) is 5.10 Å². The van der Waals surface area contributed by atoms with Crippen LogP contribution in [0.4, 0.5) is 5.82 Å². The van der Waals surface area contributed by atoms with Crippen molar-refractivity contribution in [2.75, 3.05) is 5.32 Å². The number of carbonyl (C=O) groups excluding carboxylic acids is 2. The van der Waals surface area contributed by atoms with E-state index in [1.165, 1.54) is 5.56 Å². The number of hydrogen-bond donors (Lipinski definition) is 3. The average Bonchev–Trinajstić information content (AvgIpc) is 3.13. The van der Waals surface area contributed by atoms with E-state index in [1.807, 2.05) is 37.3 Å². The summed E-state index contributed by atoms with van der Waals surface area (Å²) in [7, 11) is 0. The summed E-state index contributed by atoms with van der Waals surface area (Å²) in [6.07, 6.45) is 5.02. The van der Waals surface area contributed by atoms with Gasteiger partial charge in [-0.05, 0) is 62.3 Å². The molecule has 0 spiro atoms. The van der Waals surface area contributed by atoms with Gasteiger partial charge in [-0.15, -0.1) is 0 Å². The number of benzene rings is 1. The first kappa shape index (κ1) is 23.2. The van der Waals surface area contributed by atoms with Crippen LogP contribution < -0.4 is 16.2 Å². The van der Waals surface area contributed by atoms with Crippen LogP contribution in [-0.4, -0.2) is 26.6 Å². The second-order valence-electron chi connectivity index (χ2n) is 8.55. The van der Waals surface area contributed by atoms with Gasteiger partial charge >= 0.3 is 0 Å². The van der Waals surface area contributed by atoms with Crippen molar-refractivity contribution in [2.24, 2.45) is 0 Å². The Hall–Kier alpha value is -3.94. The number of nitrogens with one attached hydrogen (secondary N) is 3. The number of pyridine rings is 1. The summed E-state index contributed by atoms with van der Waals surface area (Å²) in [4.78, 5) is 40.9. The maximum absolute atomic E-state index is 13.3. The van der Waals surface area contributed by atoms with E-state index < -0.39 is 11.8 Å². The van der Waals surface area contributed by atoms with Crippen molar-refractivity contribution in [3.63, 3.8) is 0 Å². The van der Waals surface area contributed by atoms with Gasteiger partial charge in [0.15, 0.2) is 5.82 Å². The van der Waals surface area contributed by atoms with Crippen LogP contribution in [0, 0.1) is 13.8 Å². The summed E-state index contributed by atoms with van der Waals surface area (Å²) in [6, 6.07) is 9.73. The number of hydrogen-bond acceptors (Lipinski definition) is 4. The van der Waals surface area contributed by atoms with Crippen molar-refractivity contribution in [1.82, 2.24) is 20.1 Å². The van der Waals surface area contributed by atoms with E-state index in [9.17, 15) is 14.4 Å². The lowest BCUT2D eigenvalue weighted by Gasteiger charge is -2.21. The van der Waals surface area contributed by atoms with Crippen LogP contribution in [0.3, 0.4) is 0 Å². The Morgan fingerprint density at radius 2 is 1.85 bits per heavy atom. The molecule has 8 heteroatoms. The Balaban J connectivity index is 1.63. The van der Waals surface area contributed by atoms with Crippen LogP contribution >= 0.6 is 0 Å². The predicted molar refractivity (Wildman–Crippen MR) is 131 cm³/mol. The molecule has 0 aliphatic heterocycles. The van der Waals surface area contributed by atoms with Gasteiger partial charge in [0.1, 0.15) is 5.56 Å². The van der Waals surface area contributed by atoms with Crippen molar-refractivity contribution in [1.29, 1.82) is 0 Å². The number of anilines is 1. The van der Waals surface area contributed by atoms with Crippen LogP contribution in [0.25, 0.3) is 0 Å². The minimum atomic E-state index is -0.456. The molecule has 0 saturated heterocycles. The van der Waals surface area contributed by atoms with E-state index >= 15 is 0 Å². The molecule has 0 fully saturated rings. The number of nitrogens with zero attached hydrogens (tertiary/aromatic N) is 2. The minimum Gasteiger partial charge on any atom is -0.348 e. The fraction of sp³-hybridized carbons (Fsp3) is 0.308. The fourth-order valence-electron chi connectivity index (χ4n) is 4.54. The van der Waals surface area contributed by atoms with Crippen molar-refractivity contribution in [3.05, 3.63) is 92.5 Å². The van der Waals surface area contributed by atoms with E-state index in [1.54, 1.807) is 11.6 Å². The Kier molecular flexibility index (Phi) is 6.77. The van der Waals surface area contributed by atoms with Crippen molar-refractivity contribution in [3.8, 4) is 0 Å². The van der Waals surface area contributed by atoms with Crippen LogP contribution in [0.1, 0.15) is 56.8 Å². The topological polar surface area (TPSA) is 109 Å². The molecule has 0 unspecified atom stereocenters. The number of aromatic amines is 1. The van der Waals surface area contributed by atoms with Gasteiger partial charge in [0.05, 0.1) is 12.2 Å². The number of amides is 2. The van der Waals surface area contributed by atoms with Gasteiger partial charge in [0.2, 0.25) is 5.91 Å². The SMILES string of the molecule is C=CC(=O)Nc1nn(Cc2ccccc2)c(C)c1C(=O)NCc1c2c(c(C)[nH]c1=O)CCCC2. The molecular formula is C26H29N5O3. The summed E-state index contributed by atoms with van der Waals surface area (Å²) in [5.74, 6) is -0.696. The minimum absolute atomic E-state index is 0.106. The Morgan fingerprint density at radius 3 is 2.56 bits per heavy atom. The van der Waals surface area contributed by atoms with Gasteiger partial charge < -0.3 is 15.6 Å². The first-order valence-corrected chi connectivity index (χ1v) is 11.5. The van der Waals surface area contributed by atoms with E-state index in [0.717, 1.165) is 48.6 Å². The van der Waals surface area contributed by atoms with Crippen LogP contribution in [-0.2, 0) is 30.7 Å². The quantitative estimate of drug-likeness (QED) is 0.472. The summed E-state index contributed by atoms with van der Waals surface area (Å²) in [5.41, 5.74) is 5.45. The Morgan fingerprint density at radius 1 is 1.15 bits per heavy atom. The lowest BCUT2D eigenvalue weighted by molar-refractivity contribution is -0.111. The van der Waals surface area contributed by atoms with Gasteiger partial charge in [0, 0.05) is 17.8 Å². The van der Waals surface area contributed by atoms with Gasteiger partial charge in [-0.25, -0.2) is 0 Å². The molecule has 1 aromatic carbocycles. The third kappa shape index (κ3) is 4.71. The molecule has 0 saturated carbocycles. The first-order valence-electron chi connectivity index (χ1n) is 11.5. The monoisotopic (exact) mass is 459 g/mol. The molecule has 2 aromatic heterocycles. The molecule has 8 nitrogen and oxygen atoms in total. The second kappa shape index (κ2) is 9.91. The maximum Gasteiger partial charge on any atom is 0.257 e. The zero-order valence-corrected chi connectivity index (χ0v) is 19.5. The summed E-state index contributed by atoms with van der Waals surface area (Å²) in [5, 5.41) is 10.00. The van der Waals surface area contributed by atoms with E-state index in [0.29, 0.717) is 17.8 Å². The maximum atomic E-state index is 13.3. The Labute approximate surface area is 198 Å². The molecule has 176 valence electrons. The highest BCUT2D eigenvalue weighted by Gasteiger charge is 2.24. The molecule has 3 N–H and O–H groups in total. The molecule has 2 amide bonds. The molecule has 0 atom stereocenters. The smallest absolute Gasteiger partial charge is 0.257 e. The molecule has 2 heterocycles. The molecule has 34 heavy (non-hydrogen) atoms. The molecule has 4 rings (SSSR count). The predicted octanol–water partition coefficient (Wildman–Crippen LogP) is 3.17. The highest BCUT2D eigenvalue weighted by Crippen LogP contribution is 2.25. The summed E-state index contributed by atoms with van der Waals surface area (Å²) in [6.45, 7) is 7.74. The normalized spacial score (nSPS) is 12.6. The number of H-pyrrole nitrogens is 1. The molecule has 3 aromatic rings. The lowest BCUT2D eigenvalue weighted by atomic mass is 9.88. The molecule has 0 radical (unpaired) electrons. The molecular weight excluding hydrogens is 430 g/mol. The highest BCUT2D eigenvalue weighted by atomic mass is 16.2. The number of aromatic nitrogens is 3. The standard InChI is InChI=1S/C26H29N5O3/c1-4-22(32)29-24-23(17(3)31(30-24)15-18-10-6-5-7-11-18)26(34)27-14-21-20-13-9-8-12-19(20)16(2)28-25(21)33/h4-7,10-11H,1,8-9,12-15H2,2-3H3,(H,27,34)(H,28,33)(H,29,30,32). The van der Waals surface area contributed by atoms with Gasteiger partial charge in [0.25, 0.3) is 11.5 Å². The average molecular weight is 460 g/mol. The Bertz CT molecular complexity index is 1300. The van der Waals surface area contributed by atoms with Crippen LogP contribution in [0.5, 0.6) is 0 Å². The van der Waals surface area contributed by atoms with E-state index in [4.69, 9.17) is 0 Å². The third-order valence-corrected chi connectivity index (χ3v) is 6.32. The number of aryl methyl sites for hydroxylation is 1. The second-order valence-corrected chi connectivity index (χ2v) is 8.55. The molecule has 0 bridgehead atoms. The lowest BCUT2D eigenvalue weighted by Crippen LogP contribution is -2.30. The number of fused-ring (bicyclic) bond motifs is 1. The third-order valence-electron chi connectivity index (χ3n) is 6.32. The first-order chi connectivity index (χ1) is 16.4.